The number of carboxylic acid groups (broad SMARTS) is 1. The van der Waals surface area contributed by atoms with Crippen LogP contribution in [-0.4, -0.2) is 71.7 Å². The van der Waals surface area contributed by atoms with Gasteiger partial charge in [0.25, 0.3) is 11.9 Å². The van der Waals surface area contributed by atoms with Gasteiger partial charge in [0.15, 0.2) is 0 Å². The maximum atomic E-state index is 13.1. The third-order valence-corrected chi connectivity index (χ3v) is 5.48. The molecule has 1 aliphatic heterocycles. The zero-order valence-electron chi connectivity index (χ0n) is 19.3. The van der Waals surface area contributed by atoms with Gasteiger partial charge < -0.3 is 19.6 Å². The fourth-order valence-corrected chi connectivity index (χ4v) is 3.77. The smallest absolute Gasteiger partial charge is 0.410 e. The molecule has 1 aliphatic rings. The number of hydrogen-bond donors (Lipinski definition) is 1. The fourth-order valence-electron chi connectivity index (χ4n) is 3.77. The summed E-state index contributed by atoms with van der Waals surface area (Å²) in [5.41, 5.74) is 3.67. The van der Waals surface area contributed by atoms with E-state index in [9.17, 15) is 9.59 Å². The SMILES string of the molecule is CC(=O)O.CN(C)CCc1cn(C(=O)c2ccccc2)c2ccc(C3COC(=O)N3C)cc12. The van der Waals surface area contributed by atoms with Gasteiger partial charge in [0, 0.05) is 37.7 Å². The molecule has 3 aromatic rings. The van der Waals surface area contributed by atoms with Crippen molar-refractivity contribution in [1.29, 1.82) is 0 Å². The van der Waals surface area contributed by atoms with Gasteiger partial charge in [0.05, 0.1) is 11.6 Å². The standard InChI is InChI=1S/C23H25N3O3.C2H4O2/c1-24(2)12-11-18-14-26(22(27)16-7-5-4-6-8-16)20-10-9-17(13-19(18)20)21-15-29-23(28)25(21)3;1-2(3)4/h4-10,13-14,21H,11-12,15H2,1-3H3;1H3,(H,3,4). The number of aromatic nitrogens is 1. The van der Waals surface area contributed by atoms with E-state index in [4.69, 9.17) is 14.6 Å². The van der Waals surface area contributed by atoms with E-state index in [1.165, 1.54) is 0 Å². The van der Waals surface area contributed by atoms with Crippen LogP contribution in [0, 0.1) is 0 Å². The first-order valence-electron chi connectivity index (χ1n) is 10.7. The number of nitrogens with zero attached hydrogens (tertiary/aromatic N) is 3. The fraction of sp³-hybridized carbons (Fsp3) is 0.320. The Bertz CT molecular complexity index is 1150. The molecular formula is C25H29N3O5. The predicted octanol–water partition coefficient (Wildman–Crippen LogP) is 3.65. The maximum absolute atomic E-state index is 13.1. The molecule has 1 aromatic heterocycles. The summed E-state index contributed by atoms with van der Waals surface area (Å²) in [5.74, 6) is -0.879. The molecule has 0 saturated carbocycles. The van der Waals surface area contributed by atoms with Crippen LogP contribution >= 0.6 is 0 Å². The van der Waals surface area contributed by atoms with E-state index >= 15 is 0 Å². The molecule has 0 bridgehead atoms. The minimum atomic E-state index is -0.833. The van der Waals surface area contributed by atoms with Crippen molar-refractivity contribution in [2.24, 2.45) is 0 Å². The highest BCUT2D eigenvalue weighted by molar-refractivity contribution is 6.03. The van der Waals surface area contributed by atoms with Gasteiger partial charge in [-0.2, -0.15) is 0 Å². The summed E-state index contributed by atoms with van der Waals surface area (Å²) in [6, 6.07) is 15.3. The van der Waals surface area contributed by atoms with E-state index in [0.29, 0.717) is 12.2 Å². The van der Waals surface area contributed by atoms with E-state index in [2.05, 4.69) is 11.0 Å². The number of carbonyl (C=O) groups is 3. The first-order chi connectivity index (χ1) is 15.7. The van der Waals surface area contributed by atoms with Crippen LogP contribution in [0.1, 0.15) is 34.5 Å². The molecule has 4 rings (SSSR count). The molecule has 8 nitrogen and oxygen atoms in total. The molecule has 1 unspecified atom stereocenters. The Kier molecular flexibility index (Phi) is 7.50. The Morgan fingerprint density at radius 1 is 1.15 bits per heavy atom. The number of hydrogen-bond acceptors (Lipinski definition) is 5. The number of rotatable bonds is 5. The summed E-state index contributed by atoms with van der Waals surface area (Å²) in [5, 5.41) is 8.46. The van der Waals surface area contributed by atoms with Gasteiger partial charge in [0.1, 0.15) is 6.61 Å². The highest BCUT2D eigenvalue weighted by Gasteiger charge is 2.31. The summed E-state index contributed by atoms with van der Waals surface area (Å²) in [6.07, 6.45) is 2.48. The van der Waals surface area contributed by atoms with Crippen molar-refractivity contribution in [2.75, 3.05) is 34.3 Å². The first kappa shape index (κ1) is 24.0. The van der Waals surface area contributed by atoms with Crippen molar-refractivity contribution in [3.05, 3.63) is 71.4 Å². The highest BCUT2D eigenvalue weighted by atomic mass is 16.6. The molecule has 1 fully saturated rings. The van der Waals surface area contributed by atoms with Crippen LogP contribution in [0.15, 0.2) is 54.7 Å². The molecule has 1 N–H and O–H groups in total. The van der Waals surface area contributed by atoms with Crippen LogP contribution in [0.2, 0.25) is 0 Å². The molecule has 8 heteroatoms. The average Bonchev–Trinajstić information content (AvgIpc) is 3.31. The van der Waals surface area contributed by atoms with Gasteiger partial charge >= 0.3 is 6.09 Å². The number of benzene rings is 2. The lowest BCUT2D eigenvalue weighted by atomic mass is 10.0. The third kappa shape index (κ3) is 5.59. The number of likely N-dealkylation sites (N-methyl/N-ethyl adjacent to an activating group) is 2. The molecule has 1 amide bonds. The lowest BCUT2D eigenvalue weighted by Gasteiger charge is -2.17. The van der Waals surface area contributed by atoms with Gasteiger partial charge in [-0.25, -0.2) is 4.79 Å². The molecule has 0 radical (unpaired) electrons. The largest absolute Gasteiger partial charge is 0.481 e. The first-order valence-corrected chi connectivity index (χ1v) is 10.7. The van der Waals surface area contributed by atoms with Gasteiger partial charge in [0.2, 0.25) is 0 Å². The number of fused-ring (bicyclic) bond motifs is 1. The van der Waals surface area contributed by atoms with Crippen LogP contribution < -0.4 is 0 Å². The van der Waals surface area contributed by atoms with Crippen LogP contribution in [-0.2, 0) is 16.0 Å². The number of amides is 1. The molecule has 0 spiro atoms. The summed E-state index contributed by atoms with van der Waals surface area (Å²) < 4.78 is 6.91. The molecule has 174 valence electrons. The summed E-state index contributed by atoms with van der Waals surface area (Å²) in [7, 11) is 5.83. The topological polar surface area (TPSA) is 92.1 Å². The van der Waals surface area contributed by atoms with Crippen molar-refractivity contribution in [1.82, 2.24) is 14.4 Å². The second-order valence-corrected chi connectivity index (χ2v) is 8.25. The molecule has 2 heterocycles. The molecule has 0 aliphatic carbocycles. The van der Waals surface area contributed by atoms with E-state index < -0.39 is 5.97 Å². The molecule has 33 heavy (non-hydrogen) atoms. The van der Waals surface area contributed by atoms with Crippen molar-refractivity contribution in [3.63, 3.8) is 0 Å². The van der Waals surface area contributed by atoms with E-state index in [1.54, 1.807) is 16.5 Å². The number of cyclic esters (lactones) is 1. The van der Waals surface area contributed by atoms with Crippen LogP contribution in [0.4, 0.5) is 4.79 Å². The van der Waals surface area contributed by atoms with Gasteiger partial charge in [-0.15, -0.1) is 0 Å². The number of ether oxygens (including phenoxy) is 1. The zero-order chi connectivity index (χ0) is 24.1. The second-order valence-electron chi connectivity index (χ2n) is 8.25. The number of aliphatic carboxylic acids is 1. The Balaban J connectivity index is 0.000000709. The van der Waals surface area contributed by atoms with Crippen molar-refractivity contribution in [3.8, 4) is 0 Å². The second kappa shape index (κ2) is 10.3. The van der Waals surface area contributed by atoms with Crippen molar-refractivity contribution in [2.45, 2.75) is 19.4 Å². The van der Waals surface area contributed by atoms with E-state index in [-0.39, 0.29) is 18.0 Å². The van der Waals surface area contributed by atoms with Gasteiger partial charge in [-0.1, -0.05) is 24.3 Å². The highest BCUT2D eigenvalue weighted by Crippen LogP contribution is 2.31. The molecule has 2 aromatic carbocycles. The number of carboxylic acids is 1. The van der Waals surface area contributed by atoms with Crippen molar-refractivity contribution >= 4 is 28.9 Å². The molecular weight excluding hydrogens is 422 g/mol. The Morgan fingerprint density at radius 3 is 2.39 bits per heavy atom. The van der Waals surface area contributed by atoms with Crippen LogP contribution in [0.3, 0.4) is 0 Å². The normalized spacial score (nSPS) is 15.4. The maximum Gasteiger partial charge on any atom is 0.410 e. The number of carbonyl (C=O) groups excluding carboxylic acids is 2. The lowest BCUT2D eigenvalue weighted by Crippen LogP contribution is -2.22. The lowest BCUT2D eigenvalue weighted by molar-refractivity contribution is -0.134. The van der Waals surface area contributed by atoms with Crippen LogP contribution in [0.25, 0.3) is 10.9 Å². The monoisotopic (exact) mass is 451 g/mol. The van der Waals surface area contributed by atoms with Gasteiger partial charge in [-0.05, 0) is 55.9 Å². The van der Waals surface area contributed by atoms with Crippen LogP contribution in [0.5, 0.6) is 0 Å². The van der Waals surface area contributed by atoms with Crippen molar-refractivity contribution < 1.29 is 24.2 Å². The zero-order valence-corrected chi connectivity index (χ0v) is 19.3. The third-order valence-electron chi connectivity index (χ3n) is 5.48. The van der Waals surface area contributed by atoms with Gasteiger partial charge in [-0.3, -0.25) is 14.2 Å². The Labute approximate surface area is 193 Å². The molecule has 1 saturated heterocycles. The minimum Gasteiger partial charge on any atom is -0.481 e. The van der Waals surface area contributed by atoms with E-state index in [1.807, 2.05) is 62.8 Å². The quantitative estimate of drug-likeness (QED) is 0.637. The Morgan fingerprint density at radius 2 is 1.82 bits per heavy atom. The molecule has 1 atom stereocenters. The summed E-state index contributed by atoms with van der Waals surface area (Å²) in [4.78, 5) is 37.6. The summed E-state index contributed by atoms with van der Waals surface area (Å²) in [6.45, 7) is 2.31. The van der Waals surface area contributed by atoms with E-state index in [0.717, 1.165) is 41.9 Å². The minimum absolute atomic E-state index is 0.0454. The Hall–Kier alpha value is -3.65. The summed E-state index contributed by atoms with van der Waals surface area (Å²) >= 11 is 0. The average molecular weight is 452 g/mol. The predicted molar refractivity (Wildman–Crippen MR) is 126 cm³/mol.